The van der Waals surface area contributed by atoms with Crippen molar-refractivity contribution < 1.29 is 0 Å². The van der Waals surface area contributed by atoms with E-state index >= 15 is 0 Å². The number of anilines is 2. The first-order chi connectivity index (χ1) is 7.66. The van der Waals surface area contributed by atoms with Crippen molar-refractivity contribution in [3.05, 3.63) is 40.3 Å². The molecule has 3 nitrogen and oxygen atoms in total. The van der Waals surface area contributed by atoms with E-state index in [4.69, 9.17) is 5.73 Å². The molecule has 4 heteroatoms. The van der Waals surface area contributed by atoms with Gasteiger partial charge in [0.25, 0.3) is 0 Å². The van der Waals surface area contributed by atoms with Gasteiger partial charge in [-0.3, -0.25) is 0 Å². The van der Waals surface area contributed by atoms with Crippen LogP contribution in [0.2, 0.25) is 0 Å². The van der Waals surface area contributed by atoms with E-state index in [0.717, 1.165) is 23.6 Å². The molecule has 0 aliphatic rings. The van der Waals surface area contributed by atoms with Crippen LogP contribution in [0, 0.1) is 6.92 Å². The van der Waals surface area contributed by atoms with E-state index in [2.05, 4.69) is 23.0 Å². The molecule has 0 amide bonds. The third kappa shape index (κ3) is 2.33. The number of nitrogens with zero attached hydrogens (tertiary/aromatic N) is 2. The van der Waals surface area contributed by atoms with E-state index < -0.39 is 0 Å². The van der Waals surface area contributed by atoms with E-state index in [1.54, 1.807) is 11.3 Å². The van der Waals surface area contributed by atoms with Crippen LogP contribution in [0.25, 0.3) is 0 Å². The van der Waals surface area contributed by atoms with Crippen LogP contribution in [-0.2, 0) is 6.54 Å². The number of nitrogen functional groups attached to an aromatic ring is 1. The quantitative estimate of drug-likeness (QED) is 0.829. The summed E-state index contributed by atoms with van der Waals surface area (Å²) in [5.74, 6) is 0. The molecule has 2 aromatic rings. The Kier molecular flexibility index (Phi) is 3.10. The first-order valence-electron chi connectivity index (χ1n) is 5.12. The molecular formula is C12H15N3S. The normalized spacial score (nSPS) is 10.4. The van der Waals surface area contributed by atoms with E-state index in [-0.39, 0.29) is 0 Å². The lowest BCUT2D eigenvalue weighted by atomic mass is 10.2. The van der Waals surface area contributed by atoms with Gasteiger partial charge in [0.1, 0.15) is 0 Å². The van der Waals surface area contributed by atoms with Crippen molar-refractivity contribution in [2.75, 3.05) is 17.7 Å². The van der Waals surface area contributed by atoms with E-state index in [0.29, 0.717) is 0 Å². The highest BCUT2D eigenvalue weighted by Crippen LogP contribution is 2.21. The van der Waals surface area contributed by atoms with Crippen LogP contribution in [0.4, 0.5) is 11.4 Å². The van der Waals surface area contributed by atoms with Crippen molar-refractivity contribution in [1.29, 1.82) is 0 Å². The molecule has 0 aliphatic heterocycles. The molecule has 0 unspecified atom stereocenters. The maximum Gasteiger partial charge on any atom is 0.0798 e. The van der Waals surface area contributed by atoms with Gasteiger partial charge in [0.05, 0.1) is 17.7 Å². The number of hydrogen-bond acceptors (Lipinski definition) is 4. The maximum atomic E-state index is 5.76. The molecule has 2 N–H and O–H groups in total. The Bertz CT molecular complexity index is 479. The van der Waals surface area contributed by atoms with Gasteiger partial charge in [-0.25, -0.2) is 4.98 Å². The van der Waals surface area contributed by atoms with Crippen molar-refractivity contribution in [1.82, 2.24) is 4.98 Å². The van der Waals surface area contributed by atoms with Crippen molar-refractivity contribution in [2.24, 2.45) is 0 Å². The average Bonchev–Trinajstić information content (AvgIpc) is 2.64. The number of benzene rings is 1. The zero-order chi connectivity index (χ0) is 11.5. The van der Waals surface area contributed by atoms with Crippen LogP contribution >= 0.6 is 11.3 Å². The van der Waals surface area contributed by atoms with Crippen molar-refractivity contribution in [2.45, 2.75) is 13.5 Å². The first-order valence-corrected chi connectivity index (χ1v) is 6.00. The Morgan fingerprint density at radius 1 is 1.44 bits per heavy atom. The Labute approximate surface area is 99.5 Å². The third-order valence-corrected chi connectivity index (χ3v) is 3.46. The van der Waals surface area contributed by atoms with Crippen molar-refractivity contribution >= 4 is 22.7 Å². The van der Waals surface area contributed by atoms with Crippen LogP contribution in [0.15, 0.2) is 29.8 Å². The molecule has 0 saturated carbocycles. The molecule has 0 radical (unpaired) electrons. The number of aromatic nitrogens is 1. The molecule has 1 aromatic carbocycles. The van der Waals surface area contributed by atoms with Gasteiger partial charge < -0.3 is 10.6 Å². The molecule has 2 rings (SSSR count). The Hall–Kier alpha value is -1.55. The fourth-order valence-electron chi connectivity index (χ4n) is 1.55. The summed E-state index contributed by atoms with van der Waals surface area (Å²) in [7, 11) is 2.06. The maximum absolute atomic E-state index is 5.76. The summed E-state index contributed by atoms with van der Waals surface area (Å²) < 4.78 is 0. The second-order valence-electron chi connectivity index (χ2n) is 3.81. The van der Waals surface area contributed by atoms with E-state index in [1.165, 1.54) is 4.88 Å². The predicted octanol–water partition coefficient (Wildman–Crippen LogP) is 2.67. The Morgan fingerprint density at radius 3 is 2.88 bits per heavy atom. The van der Waals surface area contributed by atoms with Crippen LogP contribution in [0.5, 0.6) is 0 Å². The SMILES string of the molecule is Cc1ncsc1CN(C)c1cccc(N)c1. The highest BCUT2D eigenvalue weighted by atomic mass is 32.1. The fourth-order valence-corrected chi connectivity index (χ4v) is 2.38. The van der Waals surface area contributed by atoms with Gasteiger partial charge in [-0.2, -0.15) is 0 Å². The molecule has 0 spiro atoms. The second-order valence-corrected chi connectivity index (χ2v) is 4.75. The lowest BCUT2D eigenvalue weighted by molar-refractivity contribution is 0.926. The molecule has 0 fully saturated rings. The van der Waals surface area contributed by atoms with Crippen LogP contribution in [0.3, 0.4) is 0 Å². The molecule has 0 saturated heterocycles. The molecule has 84 valence electrons. The summed E-state index contributed by atoms with van der Waals surface area (Å²) in [4.78, 5) is 7.72. The molecule has 0 bridgehead atoms. The molecule has 1 heterocycles. The van der Waals surface area contributed by atoms with E-state index in [9.17, 15) is 0 Å². The molecule has 0 aliphatic carbocycles. The molecule has 0 atom stereocenters. The highest BCUT2D eigenvalue weighted by Gasteiger charge is 2.06. The minimum absolute atomic E-state index is 0.797. The Morgan fingerprint density at radius 2 is 2.25 bits per heavy atom. The van der Waals surface area contributed by atoms with Gasteiger partial charge in [0, 0.05) is 23.3 Å². The van der Waals surface area contributed by atoms with Gasteiger partial charge in [-0.1, -0.05) is 6.07 Å². The number of rotatable bonds is 3. The summed E-state index contributed by atoms with van der Waals surface area (Å²) in [6.45, 7) is 2.92. The van der Waals surface area contributed by atoms with Gasteiger partial charge in [-0.05, 0) is 25.1 Å². The highest BCUT2D eigenvalue weighted by molar-refractivity contribution is 7.09. The van der Waals surface area contributed by atoms with Gasteiger partial charge in [0.15, 0.2) is 0 Å². The van der Waals surface area contributed by atoms with Crippen LogP contribution < -0.4 is 10.6 Å². The predicted molar refractivity (Wildman–Crippen MR) is 69.8 cm³/mol. The topological polar surface area (TPSA) is 42.2 Å². The number of nitrogens with two attached hydrogens (primary N) is 1. The monoisotopic (exact) mass is 233 g/mol. The van der Waals surface area contributed by atoms with Gasteiger partial charge in [-0.15, -0.1) is 11.3 Å². The van der Waals surface area contributed by atoms with Crippen molar-refractivity contribution in [3.8, 4) is 0 Å². The third-order valence-electron chi connectivity index (χ3n) is 2.54. The second kappa shape index (κ2) is 4.53. The largest absolute Gasteiger partial charge is 0.399 e. The molecule has 16 heavy (non-hydrogen) atoms. The van der Waals surface area contributed by atoms with Gasteiger partial charge in [0.2, 0.25) is 0 Å². The van der Waals surface area contributed by atoms with Crippen LogP contribution in [0.1, 0.15) is 10.6 Å². The number of aryl methyl sites for hydroxylation is 1. The number of hydrogen-bond donors (Lipinski definition) is 1. The zero-order valence-electron chi connectivity index (χ0n) is 9.47. The smallest absolute Gasteiger partial charge is 0.0798 e. The average molecular weight is 233 g/mol. The van der Waals surface area contributed by atoms with Crippen LogP contribution in [-0.4, -0.2) is 12.0 Å². The van der Waals surface area contributed by atoms with E-state index in [1.807, 2.05) is 30.6 Å². The summed E-state index contributed by atoms with van der Waals surface area (Å²) >= 11 is 1.69. The summed E-state index contributed by atoms with van der Waals surface area (Å²) in [6, 6.07) is 7.92. The standard InChI is InChI=1S/C12H15N3S/c1-9-12(16-8-14-9)7-15(2)11-5-3-4-10(13)6-11/h3-6,8H,7,13H2,1-2H3. The number of thiazole rings is 1. The minimum atomic E-state index is 0.797. The molecular weight excluding hydrogens is 218 g/mol. The summed E-state index contributed by atoms with van der Waals surface area (Å²) in [6.07, 6.45) is 0. The first kappa shape index (κ1) is 11.0. The van der Waals surface area contributed by atoms with Gasteiger partial charge >= 0.3 is 0 Å². The Balaban J connectivity index is 2.14. The lowest BCUT2D eigenvalue weighted by Crippen LogP contribution is -2.16. The van der Waals surface area contributed by atoms with Crippen molar-refractivity contribution in [3.63, 3.8) is 0 Å². The summed E-state index contributed by atoms with van der Waals surface area (Å²) in [5, 5.41) is 0. The fraction of sp³-hybridized carbons (Fsp3) is 0.250. The molecule has 1 aromatic heterocycles. The summed E-state index contributed by atoms with van der Waals surface area (Å²) in [5.41, 5.74) is 10.7. The zero-order valence-corrected chi connectivity index (χ0v) is 10.3. The minimum Gasteiger partial charge on any atom is -0.399 e. The lowest BCUT2D eigenvalue weighted by Gasteiger charge is -2.19.